The molecule has 0 amide bonds. The minimum absolute atomic E-state index is 0.0217. The molecule has 0 aliphatic heterocycles. The van der Waals surface area contributed by atoms with Gasteiger partial charge in [0.15, 0.2) is 5.65 Å². The van der Waals surface area contributed by atoms with Gasteiger partial charge < -0.3 is 0 Å². The maximum atomic E-state index is 4.27. The maximum Gasteiger partial charge on any atom is 0.192 e. The molecule has 0 saturated heterocycles. The SMILES string of the molecule is CC(C)(C)c1cn2nc(Br)c(Br)c2nn1. The lowest BCUT2D eigenvalue weighted by atomic mass is 9.93. The number of hydrogen-bond donors (Lipinski definition) is 0. The fraction of sp³-hybridized carbons (Fsp3) is 0.444. The molecule has 4 nitrogen and oxygen atoms in total. The summed E-state index contributed by atoms with van der Waals surface area (Å²) in [6.45, 7) is 6.28. The van der Waals surface area contributed by atoms with Gasteiger partial charge in [-0.15, -0.1) is 5.10 Å². The van der Waals surface area contributed by atoms with Crippen molar-refractivity contribution in [2.75, 3.05) is 0 Å². The molecule has 80 valence electrons. The molecule has 6 heteroatoms. The minimum atomic E-state index is -0.0217. The molecule has 0 unspecified atom stereocenters. The molecule has 15 heavy (non-hydrogen) atoms. The molecule has 2 rings (SSSR count). The van der Waals surface area contributed by atoms with Gasteiger partial charge in [0, 0.05) is 5.41 Å². The molecule has 0 spiro atoms. The molecule has 0 aromatic carbocycles. The average Bonchev–Trinajstić information content (AvgIpc) is 2.41. The summed E-state index contributed by atoms with van der Waals surface area (Å²) in [6, 6.07) is 0. The Labute approximate surface area is 104 Å². The predicted octanol–water partition coefficient (Wildman–Crippen LogP) is 2.95. The monoisotopic (exact) mass is 332 g/mol. The van der Waals surface area contributed by atoms with E-state index in [1.807, 2.05) is 6.20 Å². The van der Waals surface area contributed by atoms with Crippen LogP contribution >= 0.6 is 31.9 Å². The van der Waals surface area contributed by atoms with E-state index >= 15 is 0 Å². The van der Waals surface area contributed by atoms with Crippen molar-refractivity contribution >= 4 is 37.5 Å². The van der Waals surface area contributed by atoms with Crippen LogP contribution < -0.4 is 0 Å². The fourth-order valence-electron chi connectivity index (χ4n) is 1.14. The smallest absolute Gasteiger partial charge is 0.192 e. The van der Waals surface area contributed by atoms with E-state index in [1.54, 1.807) is 4.52 Å². The third-order valence-corrected chi connectivity index (χ3v) is 3.87. The van der Waals surface area contributed by atoms with Crippen molar-refractivity contribution in [3.63, 3.8) is 0 Å². The Bertz CT molecular complexity index is 513. The zero-order valence-electron chi connectivity index (χ0n) is 8.62. The molecule has 2 aromatic rings. The Morgan fingerprint density at radius 2 is 1.87 bits per heavy atom. The summed E-state index contributed by atoms with van der Waals surface area (Å²) in [5.41, 5.74) is 1.61. The van der Waals surface area contributed by atoms with E-state index in [4.69, 9.17) is 0 Å². The first kappa shape index (κ1) is 11.0. The highest BCUT2D eigenvalue weighted by molar-refractivity contribution is 9.13. The molecule has 0 radical (unpaired) electrons. The van der Waals surface area contributed by atoms with Crippen molar-refractivity contribution in [1.82, 2.24) is 19.8 Å². The Kier molecular flexibility index (Phi) is 2.58. The lowest BCUT2D eigenvalue weighted by Crippen LogP contribution is -2.15. The molecular weight excluding hydrogens is 324 g/mol. The Balaban J connectivity index is 2.67. The zero-order chi connectivity index (χ0) is 11.2. The normalized spacial score (nSPS) is 12.3. The Morgan fingerprint density at radius 1 is 1.20 bits per heavy atom. The maximum absolute atomic E-state index is 4.27. The van der Waals surface area contributed by atoms with Crippen LogP contribution in [0.25, 0.3) is 5.65 Å². The molecule has 0 bridgehead atoms. The van der Waals surface area contributed by atoms with Gasteiger partial charge in [-0.1, -0.05) is 20.8 Å². The zero-order valence-corrected chi connectivity index (χ0v) is 11.8. The second-order valence-corrected chi connectivity index (χ2v) is 5.88. The van der Waals surface area contributed by atoms with Crippen molar-refractivity contribution in [3.8, 4) is 0 Å². The van der Waals surface area contributed by atoms with Gasteiger partial charge in [0.05, 0.1) is 16.4 Å². The van der Waals surface area contributed by atoms with Gasteiger partial charge in [0.25, 0.3) is 0 Å². The summed E-state index contributed by atoms with van der Waals surface area (Å²) in [6.07, 6.45) is 1.90. The van der Waals surface area contributed by atoms with Crippen LogP contribution in [0.1, 0.15) is 26.5 Å². The van der Waals surface area contributed by atoms with Crippen LogP contribution in [0.5, 0.6) is 0 Å². The van der Waals surface area contributed by atoms with Crippen molar-refractivity contribution in [2.45, 2.75) is 26.2 Å². The van der Waals surface area contributed by atoms with Crippen LogP contribution in [-0.4, -0.2) is 19.8 Å². The third-order valence-electron chi connectivity index (χ3n) is 2.06. The Morgan fingerprint density at radius 3 is 2.47 bits per heavy atom. The number of halogens is 2. The molecular formula is C9H10Br2N4. The minimum Gasteiger partial charge on any atom is -0.217 e. The van der Waals surface area contributed by atoms with Crippen molar-refractivity contribution < 1.29 is 0 Å². The van der Waals surface area contributed by atoms with Crippen molar-refractivity contribution in [1.29, 1.82) is 0 Å². The standard InChI is InChI=1S/C9H10Br2N4/c1-9(2,3)5-4-15-8(13-12-5)6(10)7(11)14-15/h4H,1-3H3. The number of hydrogen-bond acceptors (Lipinski definition) is 3. The quantitative estimate of drug-likeness (QED) is 0.744. The van der Waals surface area contributed by atoms with Crippen LogP contribution in [0.15, 0.2) is 15.3 Å². The van der Waals surface area contributed by atoms with Crippen LogP contribution in [-0.2, 0) is 5.41 Å². The number of aromatic nitrogens is 4. The first-order valence-corrected chi connectivity index (χ1v) is 6.06. The molecule has 2 aromatic heterocycles. The van der Waals surface area contributed by atoms with Gasteiger partial charge in [-0.25, -0.2) is 4.52 Å². The van der Waals surface area contributed by atoms with Crippen molar-refractivity contribution in [2.24, 2.45) is 0 Å². The summed E-state index contributed by atoms with van der Waals surface area (Å²) in [5, 5.41) is 12.6. The molecule has 0 aliphatic rings. The Hall–Kier alpha value is -0.490. The number of rotatable bonds is 0. The second-order valence-electron chi connectivity index (χ2n) is 4.34. The highest BCUT2D eigenvalue weighted by Crippen LogP contribution is 2.26. The first-order chi connectivity index (χ1) is 6.89. The van der Waals surface area contributed by atoms with Crippen LogP contribution in [0.3, 0.4) is 0 Å². The van der Waals surface area contributed by atoms with Gasteiger partial charge in [-0.05, 0) is 31.9 Å². The summed E-state index contributed by atoms with van der Waals surface area (Å²) >= 11 is 6.73. The van der Waals surface area contributed by atoms with Gasteiger partial charge in [-0.3, -0.25) is 0 Å². The summed E-state index contributed by atoms with van der Waals surface area (Å²) in [7, 11) is 0. The molecule has 0 aliphatic carbocycles. The molecule has 0 saturated carbocycles. The van der Waals surface area contributed by atoms with E-state index in [9.17, 15) is 0 Å². The first-order valence-electron chi connectivity index (χ1n) is 4.47. The molecule has 0 N–H and O–H groups in total. The molecule has 0 fully saturated rings. The highest BCUT2D eigenvalue weighted by atomic mass is 79.9. The number of fused-ring (bicyclic) bond motifs is 1. The predicted molar refractivity (Wildman–Crippen MR) is 64.9 cm³/mol. The second kappa shape index (κ2) is 3.52. The van der Waals surface area contributed by atoms with E-state index in [-0.39, 0.29) is 5.41 Å². The van der Waals surface area contributed by atoms with E-state index in [2.05, 4.69) is 67.9 Å². The van der Waals surface area contributed by atoms with Crippen molar-refractivity contribution in [3.05, 3.63) is 21.0 Å². The number of nitrogens with zero attached hydrogens (tertiary/aromatic N) is 4. The van der Waals surface area contributed by atoms with E-state index < -0.39 is 0 Å². The van der Waals surface area contributed by atoms with Crippen LogP contribution in [0, 0.1) is 0 Å². The lowest BCUT2D eigenvalue weighted by molar-refractivity contribution is 0.551. The summed E-state index contributed by atoms with van der Waals surface area (Å²) in [5.74, 6) is 0. The molecule has 0 atom stereocenters. The molecule has 2 heterocycles. The lowest BCUT2D eigenvalue weighted by Gasteiger charge is -2.15. The summed E-state index contributed by atoms with van der Waals surface area (Å²) in [4.78, 5) is 0. The highest BCUT2D eigenvalue weighted by Gasteiger charge is 2.18. The topological polar surface area (TPSA) is 43.1 Å². The van der Waals surface area contributed by atoms with Gasteiger partial charge in [0.2, 0.25) is 0 Å². The van der Waals surface area contributed by atoms with E-state index in [0.29, 0.717) is 0 Å². The average molecular weight is 334 g/mol. The summed E-state index contributed by atoms with van der Waals surface area (Å²) < 4.78 is 3.29. The van der Waals surface area contributed by atoms with E-state index in [1.165, 1.54) is 0 Å². The largest absolute Gasteiger partial charge is 0.217 e. The third kappa shape index (κ3) is 1.92. The van der Waals surface area contributed by atoms with Gasteiger partial charge >= 0.3 is 0 Å². The van der Waals surface area contributed by atoms with Gasteiger partial charge in [-0.2, -0.15) is 10.2 Å². The van der Waals surface area contributed by atoms with Crippen LogP contribution in [0.2, 0.25) is 0 Å². The van der Waals surface area contributed by atoms with E-state index in [0.717, 1.165) is 20.4 Å². The van der Waals surface area contributed by atoms with Crippen LogP contribution in [0.4, 0.5) is 0 Å². The van der Waals surface area contributed by atoms with Gasteiger partial charge in [0.1, 0.15) is 4.60 Å². The fourth-order valence-corrected chi connectivity index (χ4v) is 1.83.